The van der Waals surface area contributed by atoms with E-state index in [-0.39, 0.29) is 11.3 Å². The minimum atomic E-state index is 0.183. The van der Waals surface area contributed by atoms with Crippen molar-refractivity contribution in [3.8, 4) is 0 Å². The van der Waals surface area contributed by atoms with Crippen LogP contribution in [0.1, 0.15) is 37.7 Å². The quantitative estimate of drug-likeness (QED) is 0.796. The first kappa shape index (κ1) is 16.1. The molecule has 0 spiro atoms. The first-order valence-corrected chi connectivity index (χ1v) is 9.39. The Morgan fingerprint density at radius 1 is 1.21 bits per heavy atom. The van der Waals surface area contributed by atoms with E-state index in [2.05, 4.69) is 40.5 Å². The number of ether oxygens (including phenoxy) is 1. The Morgan fingerprint density at radius 3 is 2.62 bits per heavy atom. The molecule has 1 N–H and O–H groups in total. The topological polar surface area (TPSA) is 41.6 Å². The lowest BCUT2D eigenvalue weighted by Gasteiger charge is -2.25. The maximum Gasteiger partial charge on any atom is 0.234 e. The number of carbonyl (C=O) groups excluding carboxylic acids is 1. The average Bonchev–Trinajstić information content (AvgIpc) is 3.53. The smallest absolute Gasteiger partial charge is 0.234 e. The number of hydrogen-bond acceptors (Lipinski definition) is 3. The van der Waals surface area contributed by atoms with Crippen LogP contribution in [0.5, 0.6) is 0 Å². The average molecular weight is 328 g/mol. The van der Waals surface area contributed by atoms with E-state index in [9.17, 15) is 4.79 Å². The number of nitrogens with zero attached hydrogens (tertiary/aromatic N) is 1. The van der Waals surface area contributed by atoms with Gasteiger partial charge in [-0.05, 0) is 43.6 Å². The molecule has 0 aromatic heterocycles. The van der Waals surface area contributed by atoms with Crippen LogP contribution in [-0.2, 0) is 14.9 Å². The fourth-order valence-corrected chi connectivity index (χ4v) is 3.86. The number of carbonyl (C=O) groups is 1. The SMILES string of the molecule is O=C(CN(CC1CCOC1)C1CC1)NCC1(c2ccccc2)CC1. The van der Waals surface area contributed by atoms with Crippen LogP contribution in [0, 0.1) is 5.92 Å². The summed E-state index contributed by atoms with van der Waals surface area (Å²) in [5, 5.41) is 3.21. The number of amides is 1. The van der Waals surface area contributed by atoms with Crippen LogP contribution < -0.4 is 5.32 Å². The molecule has 3 aliphatic rings. The van der Waals surface area contributed by atoms with Crippen molar-refractivity contribution in [2.45, 2.75) is 43.6 Å². The Morgan fingerprint density at radius 2 is 2.00 bits per heavy atom. The first-order valence-electron chi connectivity index (χ1n) is 9.39. The van der Waals surface area contributed by atoms with Crippen LogP contribution in [0.25, 0.3) is 0 Å². The molecule has 4 rings (SSSR count). The van der Waals surface area contributed by atoms with Crippen LogP contribution in [0.2, 0.25) is 0 Å². The molecule has 2 aliphatic carbocycles. The highest BCUT2D eigenvalue weighted by Gasteiger charge is 2.44. The maximum atomic E-state index is 12.5. The standard InChI is InChI=1S/C20H28N2O2/c23-19(13-22(18-6-7-18)12-16-8-11-24-14-16)21-15-20(9-10-20)17-4-2-1-3-5-17/h1-5,16,18H,6-15H2,(H,21,23). The second kappa shape index (κ2) is 6.85. The van der Waals surface area contributed by atoms with Gasteiger partial charge in [0, 0.05) is 31.2 Å². The zero-order valence-electron chi connectivity index (χ0n) is 14.4. The molecule has 1 atom stereocenters. The van der Waals surface area contributed by atoms with E-state index in [1.54, 1.807) is 0 Å². The van der Waals surface area contributed by atoms with E-state index in [1.807, 2.05) is 0 Å². The van der Waals surface area contributed by atoms with Gasteiger partial charge in [0.25, 0.3) is 0 Å². The van der Waals surface area contributed by atoms with Gasteiger partial charge < -0.3 is 10.1 Å². The largest absolute Gasteiger partial charge is 0.381 e. The summed E-state index contributed by atoms with van der Waals surface area (Å²) >= 11 is 0. The van der Waals surface area contributed by atoms with Gasteiger partial charge in [0.05, 0.1) is 13.2 Å². The molecule has 130 valence electrons. The molecule has 2 saturated carbocycles. The van der Waals surface area contributed by atoms with Gasteiger partial charge in [0.15, 0.2) is 0 Å². The Labute approximate surface area is 144 Å². The highest BCUT2D eigenvalue weighted by atomic mass is 16.5. The van der Waals surface area contributed by atoms with Gasteiger partial charge in [-0.1, -0.05) is 30.3 Å². The lowest BCUT2D eigenvalue weighted by atomic mass is 9.96. The van der Waals surface area contributed by atoms with Crippen molar-refractivity contribution in [2.75, 3.05) is 32.8 Å². The van der Waals surface area contributed by atoms with E-state index in [1.165, 1.54) is 31.2 Å². The maximum absolute atomic E-state index is 12.5. The van der Waals surface area contributed by atoms with Gasteiger partial charge in [-0.3, -0.25) is 9.69 Å². The van der Waals surface area contributed by atoms with Crippen molar-refractivity contribution in [1.29, 1.82) is 0 Å². The fraction of sp³-hybridized carbons (Fsp3) is 0.650. The lowest BCUT2D eigenvalue weighted by Crippen LogP contribution is -2.43. The highest BCUT2D eigenvalue weighted by Crippen LogP contribution is 2.47. The second-order valence-electron chi connectivity index (χ2n) is 7.81. The van der Waals surface area contributed by atoms with Gasteiger partial charge in [0.1, 0.15) is 0 Å². The normalized spacial score (nSPS) is 25.0. The number of rotatable bonds is 8. The molecule has 24 heavy (non-hydrogen) atoms. The summed E-state index contributed by atoms with van der Waals surface area (Å²) < 4.78 is 5.49. The lowest BCUT2D eigenvalue weighted by molar-refractivity contribution is -0.122. The minimum absolute atomic E-state index is 0.183. The molecule has 1 heterocycles. The zero-order valence-corrected chi connectivity index (χ0v) is 14.4. The van der Waals surface area contributed by atoms with E-state index in [4.69, 9.17) is 4.74 Å². The Bertz CT molecular complexity index is 560. The van der Waals surface area contributed by atoms with E-state index in [0.717, 1.165) is 32.7 Å². The van der Waals surface area contributed by atoms with Gasteiger partial charge in [-0.15, -0.1) is 0 Å². The van der Waals surface area contributed by atoms with Gasteiger partial charge in [-0.25, -0.2) is 0 Å². The summed E-state index contributed by atoms with van der Waals surface area (Å²) in [5.41, 5.74) is 1.56. The van der Waals surface area contributed by atoms with Crippen LogP contribution in [0.15, 0.2) is 30.3 Å². The van der Waals surface area contributed by atoms with E-state index in [0.29, 0.717) is 18.5 Å². The molecule has 1 aliphatic heterocycles. The van der Waals surface area contributed by atoms with Crippen LogP contribution in [0.4, 0.5) is 0 Å². The van der Waals surface area contributed by atoms with Crippen molar-refractivity contribution in [1.82, 2.24) is 10.2 Å². The molecule has 1 aromatic rings. The summed E-state index contributed by atoms with van der Waals surface area (Å²) in [6.45, 7) is 4.09. The van der Waals surface area contributed by atoms with Gasteiger partial charge in [0.2, 0.25) is 5.91 Å². The number of hydrogen-bond donors (Lipinski definition) is 1. The van der Waals surface area contributed by atoms with Crippen LogP contribution >= 0.6 is 0 Å². The number of benzene rings is 1. The predicted molar refractivity (Wildman–Crippen MR) is 93.9 cm³/mol. The minimum Gasteiger partial charge on any atom is -0.381 e. The summed E-state index contributed by atoms with van der Waals surface area (Å²) in [6.07, 6.45) is 6.00. The van der Waals surface area contributed by atoms with E-state index < -0.39 is 0 Å². The highest BCUT2D eigenvalue weighted by molar-refractivity contribution is 5.78. The van der Waals surface area contributed by atoms with Crippen molar-refractivity contribution in [3.05, 3.63) is 35.9 Å². The monoisotopic (exact) mass is 328 g/mol. The summed E-state index contributed by atoms with van der Waals surface area (Å²) in [6, 6.07) is 11.2. The third-order valence-corrected chi connectivity index (χ3v) is 5.79. The van der Waals surface area contributed by atoms with Gasteiger partial charge in [-0.2, -0.15) is 0 Å². The molecule has 1 aromatic carbocycles. The fourth-order valence-electron chi connectivity index (χ4n) is 3.86. The molecule has 1 saturated heterocycles. The predicted octanol–water partition coefficient (Wildman–Crippen LogP) is 2.34. The summed E-state index contributed by atoms with van der Waals surface area (Å²) in [7, 11) is 0. The van der Waals surface area contributed by atoms with Crippen LogP contribution in [0.3, 0.4) is 0 Å². The van der Waals surface area contributed by atoms with Crippen molar-refractivity contribution >= 4 is 5.91 Å². The molecule has 1 amide bonds. The molecule has 0 bridgehead atoms. The third-order valence-electron chi connectivity index (χ3n) is 5.79. The third kappa shape index (κ3) is 3.81. The van der Waals surface area contributed by atoms with Crippen molar-refractivity contribution in [3.63, 3.8) is 0 Å². The molecule has 0 radical (unpaired) electrons. The zero-order chi connectivity index (χ0) is 16.4. The molecular weight excluding hydrogens is 300 g/mol. The second-order valence-corrected chi connectivity index (χ2v) is 7.81. The summed E-state index contributed by atoms with van der Waals surface area (Å²) in [4.78, 5) is 14.9. The molecule has 1 unspecified atom stereocenters. The molecule has 4 heteroatoms. The summed E-state index contributed by atoms with van der Waals surface area (Å²) in [5.74, 6) is 0.792. The molecular formula is C20H28N2O2. The first-order chi connectivity index (χ1) is 11.8. The van der Waals surface area contributed by atoms with Gasteiger partial charge >= 0.3 is 0 Å². The Kier molecular flexibility index (Phi) is 4.59. The number of nitrogens with one attached hydrogen (secondary N) is 1. The van der Waals surface area contributed by atoms with E-state index >= 15 is 0 Å². The molecule has 3 fully saturated rings. The Balaban J connectivity index is 1.28. The van der Waals surface area contributed by atoms with Crippen molar-refractivity contribution in [2.24, 2.45) is 5.92 Å². The Hall–Kier alpha value is -1.39. The molecule has 4 nitrogen and oxygen atoms in total. The van der Waals surface area contributed by atoms with Crippen molar-refractivity contribution < 1.29 is 9.53 Å². The van der Waals surface area contributed by atoms with Crippen LogP contribution in [-0.4, -0.2) is 49.7 Å².